The van der Waals surface area contributed by atoms with Crippen molar-refractivity contribution in [1.29, 1.82) is 0 Å². The van der Waals surface area contributed by atoms with E-state index in [1.54, 1.807) is 13.8 Å². The molecule has 0 radical (unpaired) electrons. The highest BCUT2D eigenvalue weighted by atomic mass is 32.2. The molecular weight excluding hydrogens is 278 g/mol. The smallest absolute Gasteiger partial charge is 0.244 e. The lowest BCUT2D eigenvalue weighted by Gasteiger charge is -2.32. The van der Waals surface area contributed by atoms with Crippen molar-refractivity contribution in [2.45, 2.75) is 18.7 Å². The van der Waals surface area contributed by atoms with Gasteiger partial charge in [0.25, 0.3) is 0 Å². The Labute approximate surface area is 120 Å². The first-order valence-corrected chi connectivity index (χ1v) is 8.30. The molecule has 0 aliphatic carbocycles. The van der Waals surface area contributed by atoms with Gasteiger partial charge in [0.2, 0.25) is 10.0 Å². The third-order valence-corrected chi connectivity index (χ3v) is 5.37. The fourth-order valence-electron chi connectivity index (χ4n) is 2.42. The summed E-state index contributed by atoms with van der Waals surface area (Å²) in [6.07, 6.45) is 0. The number of aromatic amines is 1. The van der Waals surface area contributed by atoms with Crippen LogP contribution in [-0.4, -0.2) is 74.7 Å². The first kappa shape index (κ1) is 15.4. The van der Waals surface area contributed by atoms with E-state index in [0.717, 1.165) is 32.7 Å². The van der Waals surface area contributed by atoms with Crippen LogP contribution in [-0.2, 0) is 10.0 Å². The predicted molar refractivity (Wildman–Crippen MR) is 77.2 cm³/mol. The Morgan fingerprint density at radius 2 is 1.90 bits per heavy atom. The summed E-state index contributed by atoms with van der Waals surface area (Å²) in [6.45, 7) is 8.62. The predicted octanol–water partition coefficient (Wildman–Crippen LogP) is -0.448. The van der Waals surface area contributed by atoms with Crippen LogP contribution in [0.1, 0.15) is 11.4 Å². The molecule has 0 saturated carbocycles. The molecule has 8 heteroatoms. The fourth-order valence-corrected chi connectivity index (χ4v) is 3.81. The molecule has 1 fully saturated rings. The van der Waals surface area contributed by atoms with Crippen molar-refractivity contribution in [2.24, 2.45) is 0 Å². The molecule has 1 aromatic heterocycles. The Kier molecular flexibility index (Phi) is 4.79. The van der Waals surface area contributed by atoms with Crippen molar-refractivity contribution < 1.29 is 8.42 Å². The lowest BCUT2D eigenvalue weighted by atomic mass is 10.3. The van der Waals surface area contributed by atoms with Crippen molar-refractivity contribution in [3.8, 4) is 0 Å². The van der Waals surface area contributed by atoms with Crippen LogP contribution in [0.2, 0.25) is 0 Å². The molecule has 2 heterocycles. The third-order valence-electron chi connectivity index (χ3n) is 3.65. The summed E-state index contributed by atoms with van der Waals surface area (Å²) in [5, 5.41) is 6.63. The molecule has 20 heavy (non-hydrogen) atoms. The molecule has 7 nitrogen and oxygen atoms in total. The van der Waals surface area contributed by atoms with Crippen LogP contribution in [0.15, 0.2) is 4.90 Å². The molecule has 0 atom stereocenters. The van der Waals surface area contributed by atoms with Gasteiger partial charge in [-0.25, -0.2) is 13.1 Å². The molecule has 2 N–H and O–H groups in total. The Balaban J connectivity index is 1.87. The molecule has 1 aliphatic heterocycles. The largest absolute Gasteiger partial charge is 0.304 e. The number of H-pyrrole nitrogens is 1. The average Bonchev–Trinajstić information content (AvgIpc) is 2.72. The summed E-state index contributed by atoms with van der Waals surface area (Å²) in [6, 6.07) is 0. The van der Waals surface area contributed by atoms with E-state index in [0.29, 0.717) is 17.9 Å². The highest BCUT2D eigenvalue weighted by Gasteiger charge is 2.22. The fraction of sp³-hybridized carbons (Fsp3) is 0.750. The molecule has 1 aromatic rings. The van der Waals surface area contributed by atoms with Crippen molar-refractivity contribution >= 4 is 10.0 Å². The summed E-state index contributed by atoms with van der Waals surface area (Å²) in [5.41, 5.74) is 1.09. The van der Waals surface area contributed by atoms with Crippen molar-refractivity contribution in [1.82, 2.24) is 24.7 Å². The van der Waals surface area contributed by atoms with Gasteiger partial charge < -0.3 is 4.90 Å². The van der Waals surface area contributed by atoms with E-state index < -0.39 is 10.0 Å². The number of piperazine rings is 1. The zero-order chi connectivity index (χ0) is 14.8. The topological polar surface area (TPSA) is 81.3 Å². The van der Waals surface area contributed by atoms with Crippen LogP contribution in [0.5, 0.6) is 0 Å². The number of nitrogens with zero attached hydrogens (tertiary/aromatic N) is 3. The molecule has 2 rings (SSSR count). The minimum absolute atomic E-state index is 0.274. The summed E-state index contributed by atoms with van der Waals surface area (Å²) >= 11 is 0. The second kappa shape index (κ2) is 6.21. The third kappa shape index (κ3) is 3.57. The van der Waals surface area contributed by atoms with Crippen LogP contribution in [0.25, 0.3) is 0 Å². The van der Waals surface area contributed by atoms with Gasteiger partial charge in [-0.15, -0.1) is 0 Å². The lowest BCUT2D eigenvalue weighted by Crippen LogP contribution is -2.46. The van der Waals surface area contributed by atoms with Crippen LogP contribution >= 0.6 is 0 Å². The number of rotatable bonds is 5. The number of hydrogen-bond donors (Lipinski definition) is 2. The number of nitrogens with one attached hydrogen (secondary N) is 2. The summed E-state index contributed by atoms with van der Waals surface area (Å²) in [4.78, 5) is 4.83. The van der Waals surface area contributed by atoms with Crippen LogP contribution in [0, 0.1) is 13.8 Å². The quantitative estimate of drug-likeness (QED) is 0.770. The molecular formula is C12H23N5O2S. The highest BCUT2D eigenvalue weighted by molar-refractivity contribution is 7.89. The Morgan fingerprint density at radius 3 is 2.45 bits per heavy atom. The summed E-state index contributed by atoms with van der Waals surface area (Å²) < 4.78 is 27.1. The van der Waals surface area contributed by atoms with Gasteiger partial charge in [0.1, 0.15) is 4.90 Å². The Bertz CT molecular complexity index is 527. The number of sulfonamides is 1. The van der Waals surface area contributed by atoms with E-state index in [1.807, 2.05) is 0 Å². The first-order valence-electron chi connectivity index (χ1n) is 6.82. The number of hydrogen-bond acceptors (Lipinski definition) is 5. The van der Waals surface area contributed by atoms with E-state index in [1.165, 1.54) is 0 Å². The number of likely N-dealkylation sites (N-methyl/N-ethyl adjacent to an activating group) is 1. The van der Waals surface area contributed by atoms with Crippen molar-refractivity contribution in [2.75, 3.05) is 46.3 Å². The van der Waals surface area contributed by atoms with Gasteiger partial charge in [0.15, 0.2) is 0 Å². The zero-order valence-corrected chi connectivity index (χ0v) is 13.1. The van der Waals surface area contributed by atoms with E-state index in [-0.39, 0.29) is 4.90 Å². The van der Waals surface area contributed by atoms with Gasteiger partial charge >= 0.3 is 0 Å². The highest BCUT2D eigenvalue weighted by Crippen LogP contribution is 2.15. The van der Waals surface area contributed by atoms with E-state index in [4.69, 9.17) is 0 Å². The zero-order valence-electron chi connectivity index (χ0n) is 12.3. The summed E-state index contributed by atoms with van der Waals surface area (Å²) in [5.74, 6) is 0. The Morgan fingerprint density at radius 1 is 1.25 bits per heavy atom. The maximum absolute atomic E-state index is 12.2. The van der Waals surface area contributed by atoms with Crippen molar-refractivity contribution in [3.05, 3.63) is 11.4 Å². The van der Waals surface area contributed by atoms with Gasteiger partial charge in [-0.05, 0) is 20.9 Å². The molecule has 0 amide bonds. The minimum Gasteiger partial charge on any atom is -0.304 e. The molecule has 1 saturated heterocycles. The van der Waals surface area contributed by atoms with Crippen molar-refractivity contribution in [3.63, 3.8) is 0 Å². The maximum Gasteiger partial charge on any atom is 0.244 e. The molecule has 114 valence electrons. The molecule has 0 aromatic carbocycles. The van der Waals surface area contributed by atoms with E-state index in [9.17, 15) is 8.42 Å². The Hall–Kier alpha value is -0.960. The van der Waals surface area contributed by atoms with Gasteiger partial charge in [-0.3, -0.25) is 10.00 Å². The first-order chi connectivity index (χ1) is 9.40. The van der Waals surface area contributed by atoms with Gasteiger partial charge in [0, 0.05) is 39.3 Å². The normalized spacial score (nSPS) is 18.6. The maximum atomic E-state index is 12.2. The molecule has 1 aliphatic rings. The standard InChI is InChI=1S/C12H23N5O2S/c1-10-12(11(2)15-14-10)20(18,19)13-4-5-17-8-6-16(3)7-9-17/h13H,4-9H2,1-3H3,(H,14,15). The van der Waals surface area contributed by atoms with E-state index in [2.05, 4.69) is 31.8 Å². The van der Waals surface area contributed by atoms with E-state index >= 15 is 0 Å². The van der Waals surface area contributed by atoms with Crippen LogP contribution in [0.4, 0.5) is 0 Å². The van der Waals surface area contributed by atoms with Gasteiger partial charge in [-0.1, -0.05) is 0 Å². The van der Waals surface area contributed by atoms with Gasteiger partial charge in [0.05, 0.1) is 11.4 Å². The SMILES string of the molecule is Cc1n[nH]c(C)c1S(=O)(=O)NCCN1CCN(C)CC1. The number of aryl methyl sites for hydroxylation is 2. The number of aromatic nitrogens is 2. The molecule has 0 bridgehead atoms. The summed E-state index contributed by atoms with van der Waals surface area (Å²) in [7, 11) is -1.37. The second-order valence-electron chi connectivity index (χ2n) is 5.31. The lowest BCUT2D eigenvalue weighted by molar-refractivity contribution is 0.156. The average molecular weight is 301 g/mol. The van der Waals surface area contributed by atoms with Crippen LogP contribution < -0.4 is 4.72 Å². The van der Waals surface area contributed by atoms with Crippen LogP contribution in [0.3, 0.4) is 0 Å². The van der Waals surface area contributed by atoms with Gasteiger partial charge in [-0.2, -0.15) is 5.10 Å². The molecule has 0 unspecified atom stereocenters. The molecule has 0 spiro atoms. The second-order valence-corrected chi connectivity index (χ2v) is 7.01. The monoisotopic (exact) mass is 301 g/mol. The minimum atomic E-state index is -3.47.